The highest BCUT2D eigenvalue weighted by Crippen LogP contribution is 2.43. The van der Waals surface area contributed by atoms with E-state index in [1.807, 2.05) is 0 Å². The largest absolute Gasteiger partial charge is 0.472 e. The monoisotopic (exact) mass is 1040 g/mol. The molecule has 0 amide bonds. The Morgan fingerprint density at radius 2 is 0.597 bits per heavy atom. The Hall–Kier alpha value is -0.990. The first kappa shape index (κ1) is 71.0. The Balaban J connectivity index is 3.69. The van der Waals surface area contributed by atoms with Crippen molar-refractivity contribution in [2.24, 2.45) is 5.73 Å². The summed E-state index contributed by atoms with van der Waals surface area (Å²) >= 11 is 0. The number of esters is 2. The second kappa shape index (κ2) is 59.3. The van der Waals surface area contributed by atoms with Crippen LogP contribution in [0.25, 0.3) is 0 Å². The van der Waals surface area contributed by atoms with Crippen molar-refractivity contribution in [1.29, 1.82) is 0 Å². The van der Waals surface area contributed by atoms with Crippen LogP contribution < -0.4 is 5.73 Å². The summed E-state index contributed by atoms with van der Waals surface area (Å²) in [5, 5.41) is 0. The molecule has 430 valence electrons. The van der Waals surface area contributed by atoms with E-state index in [1.165, 1.54) is 289 Å². The molecule has 0 aromatic rings. The number of hydrogen-bond donors (Lipinski definition) is 2. The van der Waals surface area contributed by atoms with E-state index in [4.69, 9.17) is 24.3 Å². The molecule has 0 bridgehead atoms. The van der Waals surface area contributed by atoms with Crippen molar-refractivity contribution in [1.82, 2.24) is 0 Å². The predicted molar refractivity (Wildman–Crippen MR) is 308 cm³/mol. The average Bonchev–Trinajstić information content (AvgIpc) is 3.37. The van der Waals surface area contributed by atoms with Crippen LogP contribution in [0, 0.1) is 0 Å². The van der Waals surface area contributed by atoms with Gasteiger partial charge in [-0.1, -0.05) is 328 Å². The van der Waals surface area contributed by atoms with E-state index < -0.39 is 26.5 Å². The van der Waals surface area contributed by atoms with Gasteiger partial charge in [0.1, 0.15) is 6.61 Å². The lowest BCUT2D eigenvalue weighted by atomic mass is 10.0. The van der Waals surface area contributed by atoms with Crippen molar-refractivity contribution in [2.45, 2.75) is 360 Å². The fourth-order valence-electron chi connectivity index (χ4n) is 10.00. The fourth-order valence-corrected chi connectivity index (χ4v) is 10.8. The second-order valence-corrected chi connectivity index (χ2v) is 23.5. The summed E-state index contributed by atoms with van der Waals surface area (Å²) in [5.41, 5.74) is 5.38. The van der Waals surface area contributed by atoms with Gasteiger partial charge in [-0.25, -0.2) is 4.57 Å². The number of hydrogen-bond acceptors (Lipinski definition) is 8. The van der Waals surface area contributed by atoms with Crippen molar-refractivity contribution >= 4 is 19.8 Å². The van der Waals surface area contributed by atoms with Gasteiger partial charge in [0.15, 0.2) is 6.10 Å². The molecule has 0 aliphatic heterocycles. The van der Waals surface area contributed by atoms with Crippen molar-refractivity contribution in [2.75, 3.05) is 26.4 Å². The van der Waals surface area contributed by atoms with E-state index >= 15 is 0 Å². The molecule has 0 saturated carbocycles. The molecule has 2 atom stereocenters. The van der Waals surface area contributed by atoms with E-state index in [0.717, 1.165) is 32.1 Å². The minimum atomic E-state index is -4.38. The minimum Gasteiger partial charge on any atom is -0.462 e. The number of phosphoric acid groups is 1. The molecule has 0 aromatic heterocycles. The molecule has 9 nitrogen and oxygen atoms in total. The van der Waals surface area contributed by atoms with Gasteiger partial charge in [-0.15, -0.1) is 0 Å². The van der Waals surface area contributed by atoms with Crippen LogP contribution in [0.2, 0.25) is 0 Å². The Kier molecular flexibility index (Phi) is 58.4. The third-order valence-corrected chi connectivity index (χ3v) is 15.7. The molecule has 0 aliphatic carbocycles. The molecule has 0 rings (SSSR count). The van der Waals surface area contributed by atoms with E-state index in [1.54, 1.807) is 0 Å². The second-order valence-electron chi connectivity index (χ2n) is 22.0. The van der Waals surface area contributed by atoms with E-state index in [9.17, 15) is 19.0 Å². The minimum absolute atomic E-state index is 0.0585. The molecule has 0 saturated heterocycles. The molecular formula is C62H124NO8P. The number of carbonyl (C=O) groups is 2. The summed E-state index contributed by atoms with van der Waals surface area (Å²) in [6, 6.07) is 0. The van der Waals surface area contributed by atoms with Crippen LogP contribution in [0.3, 0.4) is 0 Å². The third-order valence-electron chi connectivity index (χ3n) is 14.7. The maximum absolute atomic E-state index is 12.7. The summed E-state index contributed by atoms with van der Waals surface area (Å²) in [5.74, 6) is -0.805. The quantitative estimate of drug-likeness (QED) is 0.0347. The molecule has 0 radical (unpaired) electrons. The van der Waals surface area contributed by atoms with Crippen molar-refractivity contribution in [3.05, 3.63) is 0 Å². The van der Waals surface area contributed by atoms with Gasteiger partial charge in [-0.05, 0) is 12.8 Å². The molecule has 3 N–H and O–H groups in total. The first-order valence-electron chi connectivity index (χ1n) is 32.0. The van der Waals surface area contributed by atoms with Crippen LogP contribution in [0.15, 0.2) is 0 Å². The van der Waals surface area contributed by atoms with Gasteiger partial charge in [0.25, 0.3) is 0 Å². The van der Waals surface area contributed by atoms with Gasteiger partial charge in [-0.2, -0.15) is 0 Å². The molecule has 0 spiro atoms. The molecule has 0 fully saturated rings. The number of rotatable bonds is 62. The van der Waals surface area contributed by atoms with Gasteiger partial charge < -0.3 is 20.1 Å². The topological polar surface area (TPSA) is 134 Å². The van der Waals surface area contributed by atoms with Gasteiger partial charge in [0.05, 0.1) is 13.2 Å². The lowest BCUT2D eigenvalue weighted by Crippen LogP contribution is -2.29. The lowest BCUT2D eigenvalue weighted by molar-refractivity contribution is -0.161. The summed E-state index contributed by atoms with van der Waals surface area (Å²) < 4.78 is 33.0. The van der Waals surface area contributed by atoms with Crippen LogP contribution in [0.5, 0.6) is 0 Å². The third kappa shape index (κ3) is 58.3. The molecule has 10 heteroatoms. The van der Waals surface area contributed by atoms with E-state index in [-0.39, 0.29) is 38.6 Å². The molecule has 0 heterocycles. The zero-order chi connectivity index (χ0) is 52.4. The Morgan fingerprint density at radius 3 is 0.847 bits per heavy atom. The first-order chi connectivity index (χ1) is 35.3. The van der Waals surface area contributed by atoms with Crippen LogP contribution in [-0.4, -0.2) is 49.3 Å². The number of ether oxygens (including phenoxy) is 2. The maximum atomic E-state index is 12.7. The van der Waals surface area contributed by atoms with Crippen LogP contribution in [0.4, 0.5) is 0 Å². The standard InChI is InChI=1S/C62H124NO8P/c1-3-5-7-9-11-13-15-17-18-19-20-21-22-23-24-25-26-27-28-29-30-31-32-33-34-35-36-37-38-39-40-41-43-45-47-49-51-53-55-62(65)71-60(59-70-72(66,67)69-57-56-63)58-68-61(64)54-52-50-48-46-44-42-16-14-12-10-8-6-4-2/h60H,3-59,63H2,1-2H3,(H,66,67). The number of carbonyl (C=O) groups excluding carboxylic acids is 2. The maximum Gasteiger partial charge on any atom is 0.472 e. The SMILES string of the molecule is CCCCCCCCCCCCCCCCCCCCCCCCCCCCCCCCCCCCCCCCC(=O)OC(COC(=O)CCCCCCCCCCCCCCC)COP(=O)(O)OCCN. The highest BCUT2D eigenvalue weighted by molar-refractivity contribution is 7.47. The highest BCUT2D eigenvalue weighted by atomic mass is 31.2. The number of unbranched alkanes of at least 4 members (excludes halogenated alkanes) is 49. The van der Waals surface area contributed by atoms with Gasteiger partial charge in [0.2, 0.25) is 0 Å². The van der Waals surface area contributed by atoms with Gasteiger partial charge in [0, 0.05) is 19.4 Å². The molecule has 0 aromatic carbocycles. The first-order valence-corrected chi connectivity index (χ1v) is 33.5. The Bertz CT molecular complexity index is 1140. The van der Waals surface area contributed by atoms with Crippen LogP contribution >= 0.6 is 7.82 Å². The molecule has 72 heavy (non-hydrogen) atoms. The zero-order valence-corrected chi connectivity index (χ0v) is 49.1. The van der Waals surface area contributed by atoms with Gasteiger partial charge >= 0.3 is 19.8 Å². The summed E-state index contributed by atoms with van der Waals surface area (Å²) in [6.07, 6.45) is 67.9. The predicted octanol–water partition coefficient (Wildman–Crippen LogP) is 20.2. The Labute approximate surface area is 447 Å². The van der Waals surface area contributed by atoms with Gasteiger partial charge in [-0.3, -0.25) is 18.6 Å². The summed E-state index contributed by atoms with van der Waals surface area (Å²) in [4.78, 5) is 35.1. The van der Waals surface area contributed by atoms with E-state index in [2.05, 4.69) is 13.8 Å². The van der Waals surface area contributed by atoms with Crippen molar-refractivity contribution < 1.29 is 37.6 Å². The molecule has 0 aliphatic rings. The van der Waals surface area contributed by atoms with E-state index in [0.29, 0.717) is 6.42 Å². The lowest BCUT2D eigenvalue weighted by Gasteiger charge is -2.19. The smallest absolute Gasteiger partial charge is 0.462 e. The molecular weight excluding hydrogens is 918 g/mol. The Morgan fingerprint density at radius 1 is 0.361 bits per heavy atom. The normalized spacial score (nSPS) is 12.9. The van der Waals surface area contributed by atoms with Crippen molar-refractivity contribution in [3.8, 4) is 0 Å². The summed E-state index contributed by atoms with van der Waals surface area (Å²) in [6.45, 7) is 3.81. The van der Waals surface area contributed by atoms with Crippen molar-refractivity contribution in [3.63, 3.8) is 0 Å². The zero-order valence-electron chi connectivity index (χ0n) is 48.2. The highest BCUT2D eigenvalue weighted by Gasteiger charge is 2.26. The summed E-state index contributed by atoms with van der Waals surface area (Å²) in [7, 11) is -4.38. The van der Waals surface area contributed by atoms with Crippen LogP contribution in [0.1, 0.15) is 354 Å². The molecule has 2 unspecified atom stereocenters. The average molecular weight is 1040 g/mol. The van der Waals surface area contributed by atoms with Crippen LogP contribution in [-0.2, 0) is 32.7 Å². The number of nitrogens with two attached hydrogens (primary N) is 1. The number of phosphoric ester groups is 1. The fraction of sp³-hybridized carbons (Fsp3) is 0.968.